The number of hydrogen-bond donors (Lipinski definition) is 2. The Morgan fingerprint density at radius 2 is 1.87 bits per heavy atom. The average molecular weight is 339 g/mol. The van der Waals surface area contributed by atoms with Crippen molar-refractivity contribution in [3.8, 4) is 5.75 Å². The molecule has 0 saturated heterocycles. The molecular weight excluding hydrogens is 308 g/mol. The van der Waals surface area contributed by atoms with Crippen LogP contribution in [0.3, 0.4) is 0 Å². The van der Waals surface area contributed by atoms with E-state index in [0.29, 0.717) is 0 Å². The number of ether oxygens (including phenoxy) is 1. The molecule has 0 aliphatic rings. The molecular formula is C18H30N2O2S. The highest BCUT2D eigenvalue weighted by Gasteiger charge is 2.15. The number of nitrogens with two attached hydrogens (primary N) is 1. The molecule has 0 spiro atoms. The maximum Gasteiger partial charge on any atom is 0.237 e. The van der Waals surface area contributed by atoms with Crippen LogP contribution in [0, 0.1) is 0 Å². The number of nitrogens with one attached hydrogen (secondary N) is 1. The van der Waals surface area contributed by atoms with E-state index in [1.54, 1.807) is 11.8 Å². The van der Waals surface area contributed by atoms with Crippen molar-refractivity contribution in [2.45, 2.75) is 58.2 Å². The number of benzene rings is 1. The number of hydrogen-bond acceptors (Lipinski definition) is 4. The van der Waals surface area contributed by atoms with Gasteiger partial charge in [-0.1, -0.05) is 12.1 Å². The fourth-order valence-electron chi connectivity index (χ4n) is 2.19. The maximum absolute atomic E-state index is 12.0. The molecule has 1 aromatic carbocycles. The van der Waals surface area contributed by atoms with Gasteiger partial charge in [-0.3, -0.25) is 4.79 Å². The Balaban J connectivity index is 2.35. The zero-order chi connectivity index (χ0) is 17.2. The molecule has 1 amide bonds. The van der Waals surface area contributed by atoms with Crippen LogP contribution in [0.4, 0.5) is 0 Å². The molecule has 0 fully saturated rings. The van der Waals surface area contributed by atoms with Crippen LogP contribution in [0.1, 0.15) is 39.2 Å². The third-order valence-corrected chi connectivity index (χ3v) is 4.16. The smallest absolute Gasteiger partial charge is 0.237 e. The summed E-state index contributed by atoms with van der Waals surface area (Å²) in [5, 5.41) is 3.00. The van der Waals surface area contributed by atoms with Crippen LogP contribution in [0.2, 0.25) is 0 Å². The van der Waals surface area contributed by atoms with Crippen molar-refractivity contribution in [1.82, 2.24) is 5.32 Å². The highest BCUT2D eigenvalue weighted by molar-refractivity contribution is 7.98. The SMILES string of the molecule is CSCC[C@H](N)C(=O)NC(C)CCc1ccc(OC(C)C)cc1. The monoisotopic (exact) mass is 338 g/mol. The summed E-state index contributed by atoms with van der Waals surface area (Å²) >= 11 is 1.71. The summed E-state index contributed by atoms with van der Waals surface area (Å²) in [5.74, 6) is 1.76. The molecule has 5 heteroatoms. The lowest BCUT2D eigenvalue weighted by Crippen LogP contribution is -2.44. The molecule has 0 aromatic heterocycles. The first-order valence-corrected chi connectivity index (χ1v) is 9.62. The van der Waals surface area contributed by atoms with Crippen LogP contribution < -0.4 is 15.8 Å². The zero-order valence-electron chi connectivity index (χ0n) is 14.7. The van der Waals surface area contributed by atoms with Crippen LogP contribution >= 0.6 is 11.8 Å². The molecule has 0 bridgehead atoms. The predicted molar refractivity (Wildman–Crippen MR) is 99.1 cm³/mol. The lowest BCUT2D eigenvalue weighted by molar-refractivity contribution is -0.123. The van der Waals surface area contributed by atoms with E-state index >= 15 is 0 Å². The summed E-state index contributed by atoms with van der Waals surface area (Å²) in [7, 11) is 0. The Hall–Kier alpha value is -1.20. The van der Waals surface area contributed by atoms with Gasteiger partial charge in [0.1, 0.15) is 5.75 Å². The lowest BCUT2D eigenvalue weighted by atomic mass is 10.1. The van der Waals surface area contributed by atoms with Crippen LogP contribution in [0.25, 0.3) is 0 Å². The second-order valence-electron chi connectivity index (χ2n) is 6.15. The van der Waals surface area contributed by atoms with Crippen LogP contribution in [0.15, 0.2) is 24.3 Å². The third-order valence-electron chi connectivity index (χ3n) is 3.52. The number of amides is 1. The van der Waals surface area contributed by atoms with Crippen molar-refractivity contribution in [2.24, 2.45) is 5.73 Å². The molecule has 4 nitrogen and oxygen atoms in total. The van der Waals surface area contributed by atoms with Gasteiger partial charge < -0.3 is 15.8 Å². The Morgan fingerprint density at radius 3 is 2.43 bits per heavy atom. The van der Waals surface area contributed by atoms with Crippen molar-refractivity contribution in [3.05, 3.63) is 29.8 Å². The summed E-state index contributed by atoms with van der Waals surface area (Å²) in [5.41, 5.74) is 7.12. The Morgan fingerprint density at radius 1 is 1.22 bits per heavy atom. The normalized spacial score (nSPS) is 13.7. The van der Waals surface area contributed by atoms with Crippen LogP contribution in [-0.2, 0) is 11.2 Å². The van der Waals surface area contributed by atoms with E-state index in [1.807, 2.05) is 39.2 Å². The minimum Gasteiger partial charge on any atom is -0.491 e. The van der Waals surface area contributed by atoms with Gasteiger partial charge in [0.15, 0.2) is 0 Å². The van der Waals surface area contributed by atoms with Crippen LogP contribution in [0.5, 0.6) is 5.75 Å². The van der Waals surface area contributed by atoms with Gasteiger partial charge in [-0.2, -0.15) is 11.8 Å². The van der Waals surface area contributed by atoms with Crippen LogP contribution in [-0.4, -0.2) is 36.1 Å². The first-order valence-electron chi connectivity index (χ1n) is 8.23. The molecule has 0 saturated carbocycles. The van der Waals surface area contributed by atoms with E-state index in [4.69, 9.17) is 10.5 Å². The van der Waals surface area contributed by atoms with Gasteiger partial charge in [-0.15, -0.1) is 0 Å². The van der Waals surface area contributed by atoms with Gasteiger partial charge in [0.05, 0.1) is 12.1 Å². The van der Waals surface area contributed by atoms with Crippen molar-refractivity contribution >= 4 is 17.7 Å². The number of carbonyl (C=O) groups excluding carboxylic acids is 1. The second kappa shape index (κ2) is 10.6. The summed E-state index contributed by atoms with van der Waals surface area (Å²) in [6.07, 6.45) is 4.74. The summed E-state index contributed by atoms with van der Waals surface area (Å²) in [6.45, 7) is 6.06. The molecule has 3 N–H and O–H groups in total. The minimum atomic E-state index is -0.405. The number of aryl methyl sites for hydroxylation is 1. The van der Waals surface area contributed by atoms with E-state index in [9.17, 15) is 4.79 Å². The summed E-state index contributed by atoms with van der Waals surface area (Å²) in [6, 6.07) is 7.87. The van der Waals surface area contributed by atoms with Gasteiger partial charge in [-0.25, -0.2) is 0 Å². The molecule has 2 atom stereocenters. The third kappa shape index (κ3) is 8.28. The van der Waals surface area contributed by atoms with E-state index < -0.39 is 6.04 Å². The quantitative estimate of drug-likeness (QED) is 0.688. The molecule has 23 heavy (non-hydrogen) atoms. The van der Waals surface area contributed by atoms with Crippen molar-refractivity contribution in [1.29, 1.82) is 0 Å². The number of thioether (sulfide) groups is 1. The van der Waals surface area contributed by atoms with E-state index in [2.05, 4.69) is 17.4 Å². The lowest BCUT2D eigenvalue weighted by Gasteiger charge is -2.17. The number of carbonyl (C=O) groups is 1. The molecule has 0 aliphatic heterocycles. The fraction of sp³-hybridized carbons (Fsp3) is 0.611. The van der Waals surface area contributed by atoms with Gasteiger partial charge in [0, 0.05) is 6.04 Å². The first kappa shape index (κ1) is 19.8. The highest BCUT2D eigenvalue weighted by atomic mass is 32.2. The van der Waals surface area contributed by atoms with Gasteiger partial charge >= 0.3 is 0 Å². The van der Waals surface area contributed by atoms with Gasteiger partial charge in [0.25, 0.3) is 0 Å². The van der Waals surface area contributed by atoms with E-state index in [-0.39, 0.29) is 18.1 Å². The molecule has 1 rings (SSSR count). The van der Waals surface area contributed by atoms with E-state index in [1.165, 1.54) is 5.56 Å². The number of rotatable bonds is 10. The second-order valence-corrected chi connectivity index (χ2v) is 7.13. The van der Waals surface area contributed by atoms with Gasteiger partial charge in [0.2, 0.25) is 5.91 Å². The Labute approximate surface area is 144 Å². The Bertz CT molecular complexity index is 463. The molecule has 1 unspecified atom stereocenters. The zero-order valence-corrected chi connectivity index (χ0v) is 15.5. The summed E-state index contributed by atoms with van der Waals surface area (Å²) in [4.78, 5) is 12.0. The fourth-order valence-corrected chi connectivity index (χ4v) is 2.68. The average Bonchev–Trinajstić information content (AvgIpc) is 2.51. The van der Waals surface area contributed by atoms with Crippen molar-refractivity contribution < 1.29 is 9.53 Å². The van der Waals surface area contributed by atoms with E-state index in [0.717, 1.165) is 30.8 Å². The highest BCUT2D eigenvalue weighted by Crippen LogP contribution is 2.15. The van der Waals surface area contributed by atoms with Crippen molar-refractivity contribution in [3.63, 3.8) is 0 Å². The first-order chi connectivity index (χ1) is 10.9. The predicted octanol–water partition coefficient (Wildman–Crippen LogP) is 2.99. The molecule has 0 heterocycles. The van der Waals surface area contributed by atoms with Crippen molar-refractivity contribution in [2.75, 3.05) is 12.0 Å². The molecule has 130 valence electrons. The minimum absolute atomic E-state index is 0.0489. The Kier molecular flexibility index (Phi) is 9.10. The largest absolute Gasteiger partial charge is 0.491 e. The summed E-state index contributed by atoms with van der Waals surface area (Å²) < 4.78 is 5.63. The molecule has 1 aromatic rings. The maximum atomic E-state index is 12.0. The standard InChI is InChI=1S/C18H30N2O2S/c1-13(2)22-16-9-7-15(8-10-16)6-5-14(3)20-18(21)17(19)11-12-23-4/h7-10,13-14,17H,5-6,11-12,19H2,1-4H3,(H,20,21)/t14?,17-/m0/s1. The van der Waals surface area contributed by atoms with Gasteiger partial charge in [-0.05, 0) is 69.7 Å². The molecule has 0 aliphatic carbocycles. The molecule has 0 radical (unpaired) electrons. The topological polar surface area (TPSA) is 64.4 Å².